The zero-order valence-electron chi connectivity index (χ0n) is 15.3. The summed E-state index contributed by atoms with van der Waals surface area (Å²) in [4.78, 5) is 16.8. The van der Waals surface area contributed by atoms with Crippen LogP contribution in [0.4, 0.5) is 5.69 Å². The Bertz CT molecular complexity index is 845. The van der Waals surface area contributed by atoms with Crippen LogP contribution in [-0.4, -0.2) is 30.6 Å². The van der Waals surface area contributed by atoms with Gasteiger partial charge in [-0.25, -0.2) is 0 Å². The molecule has 130 valence electrons. The number of likely N-dealkylation sites (N-methyl/N-ethyl adjacent to an activating group) is 1. The summed E-state index contributed by atoms with van der Waals surface area (Å²) < 4.78 is 6.35. The van der Waals surface area contributed by atoms with Crippen molar-refractivity contribution in [1.29, 1.82) is 0 Å². The number of ether oxygens (including phenoxy) is 1. The Kier molecular flexibility index (Phi) is 3.62. The van der Waals surface area contributed by atoms with Gasteiger partial charge in [0.05, 0.1) is 18.7 Å². The van der Waals surface area contributed by atoms with Crippen LogP contribution in [0.2, 0.25) is 0 Å². The minimum atomic E-state index is -0.347. The number of carbonyl (C=O) groups excluding carboxylic acids is 1. The quantitative estimate of drug-likeness (QED) is 0.862. The minimum absolute atomic E-state index is 0.150. The van der Waals surface area contributed by atoms with Crippen molar-refractivity contribution in [2.45, 2.75) is 39.0 Å². The Labute approximate surface area is 149 Å². The van der Waals surface area contributed by atoms with E-state index in [0.29, 0.717) is 13.0 Å². The highest BCUT2D eigenvalue weighted by Crippen LogP contribution is 2.47. The van der Waals surface area contributed by atoms with E-state index in [0.717, 1.165) is 34.5 Å². The summed E-state index contributed by atoms with van der Waals surface area (Å²) in [6.45, 7) is 4.81. The van der Waals surface area contributed by atoms with Gasteiger partial charge in [0.25, 0.3) is 0 Å². The summed E-state index contributed by atoms with van der Waals surface area (Å²) in [5.41, 5.74) is 5.25. The van der Waals surface area contributed by atoms with Crippen molar-refractivity contribution in [3.05, 3.63) is 58.7 Å². The predicted molar refractivity (Wildman–Crippen MR) is 98.9 cm³/mol. The number of hydrogen-bond acceptors (Lipinski definition) is 3. The van der Waals surface area contributed by atoms with Gasteiger partial charge in [-0.3, -0.25) is 9.69 Å². The number of carbonyl (C=O) groups is 1. The molecule has 4 heteroatoms. The smallest absolute Gasteiger partial charge is 0.231 e. The fourth-order valence-corrected chi connectivity index (χ4v) is 3.90. The average Bonchev–Trinajstić information content (AvgIpc) is 3.07. The molecule has 0 aliphatic carbocycles. The Morgan fingerprint density at radius 1 is 1.24 bits per heavy atom. The molecule has 0 spiro atoms. The molecule has 0 saturated carbocycles. The van der Waals surface area contributed by atoms with E-state index in [-0.39, 0.29) is 11.6 Å². The van der Waals surface area contributed by atoms with Gasteiger partial charge < -0.3 is 9.64 Å². The second-order valence-electron chi connectivity index (χ2n) is 7.50. The number of amides is 1. The normalized spacial score (nSPS) is 21.5. The number of benzene rings is 2. The number of anilines is 1. The second kappa shape index (κ2) is 5.60. The molecule has 1 unspecified atom stereocenters. The molecule has 25 heavy (non-hydrogen) atoms. The van der Waals surface area contributed by atoms with Gasteiger partial charge in [-0.2, -0.15) is 0 Å². The van der Waals surface area contributed by atoms with E-state index in [2.05, 4.69) is 36.9 Å². The summed E-state index contributed by atoms with van der Waals surface area (Å²) in [7, 11) is 4.07. The van der Waals surface area contributed by atoms with Crippen LogP contribution in [0.15, 0.2) is 36.4 Å². The van der Waals surface area contributed by atoms with Crippen molar-refractivity contribution >= 4 is 11.6 Å². The number of fused-ring (bicyclic) bond motifs is 3. The molecule has 4 nitrogen and oxygen atoms in total. The van der Waals surface area contributed by atoms with Gasteiger partial charge in [-0.05, 0) is 39.1 Å². The van der Waals surface area contributed by atoms with Crippen LogP contribution in [0, 0.1) is 6.92 Å². The molecule has 0 bridgehead atoms. The monoisotopic (exact) mass is 336 g/mol. The largest absolute Gasteiger partial charge is 0.472 e. The lowest BCUT2D eigenvalue weighted by Crippen LogP contribution is -2.45. The van der Waals surface area contributed by atoms with E-state index in [1.807, 2.05) is 37.2 Å². The number of rotatable bonds is 3. The third-order valence-electron chi connectivity index (χ3n) is 5.48. The van der Waals surface area contributed by atoms with Crippen molar-refractivity contribution in [2.75, 3.05) is 19.0 Å². The van der Waals surface area contributed by atoms with E-state index in [1.54, 1.807) is 0 Å². The van der Waals surface area contributed by atoms with Crippen molar-refractivity contribution in [3.63, 3.8) is 0 Å². The minimum Gasteiger partial charge on any atom is -0.472 e. The zero-order chi connectivity index (χ0) is 17.8. The van der Waals surface area contributed by atoms with Gasteiger partial charge in [0.2, 0.25) is 5.91 Å². The van der Waals surface area contributed by atoms with E-state index in [9.17, 15) is 4.79 Å². The van der Waals surface area contributed by atoms with Crippen LogP contribution in [0.25, 0.3) is 0 Å². The lowest BCUT2D eigenvalue weighted by Gasteiger charge is -2.31. The van der Waals surface area contributed by atoms with Crippen LogP contribution >= 0.6 is 0 Å². The molecular weight excluding hydrogens is 312 g/mol. The maximum atomic E-state index is 12.7. The van der Waals surface area contributed by atoms with Crippen LogP contribution < -0.4 is 9.64 Å². The highest BCUT2D eigenvalue weighted by molar-refractivity contribution is 6.03. The molecule has 2 aromatic rings. The molecular formula is C21H24N2O2. The van der Waals surface area contributed by atoms with E-state index in [4.69, 9.17) is 4.74 Å². The SMILES string of the molecule is Cc1cc2c(c3c1N(Cc1ccccc1)C(=O)C3)OC(C)(N(C)C)C2. The maximum Gasteiger partial charge on any atom is 0.231 e. The average molecular weight is 336 g/mol. The summed E-state index contributed by atoms with van der Waals surface area (Å²) in [5.74, 6) is 1.07. The molecule has 1 amide bonds. The summed E-state index contributed by atoms with van der Waals surface area (Å²) in [6.07, 6.45) is 1.27. The maximum absolute atomic E-state index is 12.7. The molecule has 0 saturated heterocycles. The molecule has 0 fully saturated rings. The van der Waals surface area contributed by atoms with Gasteiger partial charge in [0, 0.05) is 17.5 Å². The summed E-state index contributed by atoms with van der Waals surface area (Å²) in [6, 6.07) is 12.3. The number of aryl methyl sites for hydroxylation is 1. The molecule has 2 aliphatic rings. The third-order valence-corrected chi connectivity index (χ3v) is 5.48. The molecule has 1 atom stereocenters. The van der Waals surface area contributed by atoms with Crippen molar-refractivity contribution < 1.29 is 9.53 Å². The first-order valence-corrected chi connectivity index (χ1v) is 8.75. The van der Waals surface area contributed by atoms with Crippen molar-refractivity contribution in [2.24, 2.45) is 0 Å². The molecule has 2 aliphatic heterocycles. The van der Waals surface area contributed by atoms with Gasteiger partial charge >= 0.3 is 0 Å². The Balaban J connectivity index is 1.75. The highest BCUT2D eigenvalue weighted by Gasteiger charge is 2.42. The van der Waals surface area contributed by atoms with Crippen LogP contribution in [-0.2, 0) is 24.2 Å². The molecule has 0 aromatic heterocycles. The number of hydrogen-bond donors (Lipinski definition) is 0. The van der Waals surface area contributed by atoms with E-state index >= 15 is 0 Å². The fraction of sp³-hybridized carbons (Fsp3) is 0.381. The Morgan fingerprint density at radius 3 is 2.64 bits per heavy atom. The van der Waals surface area contributed by atoms with E-state index in [1.165, 1.54) is 5.56 Å². The fourth-order valence-electron chi connectivity index (χ4n) is 3.90. The predicted octanol–water partition coefficient (Wildman–Crippen LogP) is 3.30. The van der Waals surface area contributed by atoms with E-state index < -0.39 is 0 Å². The lowest BCUT2D eigenvalue weighted by molar-refractivity contribution is -0.117. The first-order valence-electron chi connectivity index (χ1n) is 8.75. The van der Waals surface area contributed by atoms with Gasteiger partial charge in [0.15, 0.2) is 5.72 Å². The molecule has 2 aromatic carbocycles. The molecule has 4 rings (SSSR count). The first kappa shape index (κ1) is 16.2. The van der Waals surface area contributed by atoms with Gasteiger partial charge in [0.1, 0.15) is 5.75 Å². The molecule has 0 N–H and O–H groups in total. The Morgan fingerprint density at radius 2 is 1.96 bits per heavy atom. The molecule has 0 radical (unpaired) electrons. The topological polar surface area (TPSA) is 32.8 Å². The van der Waals surface area contributed by atoms with Gasteiger partial charge in [-0.1, -0.05) is 36.4 Å². The molecule has 2 heterocycles. The van der Waals surface area contributed by atoms with Crippen molar-refractivity contribution in [1.82, 2.24) is 4.90 Å². The van der Waals surface area contributed by atoms with Crippen molar-refractivity contribution in [3.8, 4) is 5.75 Å². The highest BCUT2D eigenvalue weighted by atomic mass is 16.5. The second-order valence-corrected chi connectivity index (χ2v) is 7.50. The standard InChI is InChI=1S/C21H24N2O2/c1-14-10-16-12-21(2,22(3)4)25-20(16)17-11-18(24)23(19(14)17)13-15-8-6-5-7-9-15/h5-10H,11-13H2,1-4H3. The summed E-state index contributed by atoms with van der Waals surface area (Å²) >= 11 is 0. The van der Waals surface area contributed by atoms with Crippen LogP contribution in [0.3, 0.4) is 0 Å². The lowest BCUT2D eigenvalue weighted by atomic mass is 9.99. The first-order chi connectivity index (χ1) is 11.9. The summed E-state index contributed by atoms with van der Waals surface area (Å²) in [5, 5.41) is 0. The van der Waals surface area contributed by atoms with Crippen LogP contribution in [0.5, 0.6) is 5.75 Å². The number of nitrogens with zero attached hydrogens (tertiary/aromatic N) is 2. The zero-order valence-corrected chi connectivity index (χ0v) is 15.3. The third kappa shape index (κ3) is 2.52. The van der Waals surface area contributed by atoms with Gasteiger partial charge in [-0.15, -0.1) is 0 Å². The Hall–Kier alpha value is -2.33. The van der Waals surface area contributed by atoms with Crippen LogP contribution in [0.1, 0.15) is 29.2 Å².